The average Bonchev–Trinajstić information content (AvgIpc) is 2.21. The molecule has 0 saturated carbocycles. The van der Waals surface area contributed by atoms with Gasteiger partial charge >= 0.3 is 5.97 Å². The fraction of sp³-hybridized carbons (Fsp3) is 0.400. The molecule has 0 aromatic carbocycles. The minimum Gasteiger partial charge on any atom is -0.481 e. The maximum Gasteiger partial charge on any atom is 0.313 e. The summed E-state index contributed by atoms with van der Waals surface area (Å²) in [6, 6.07) is 3.43. The Kier molecular flexibility index (Phi) is 3.62. The molecule has 5 nitrogen and oxygen atoms in total. The number of hydrogen-bond acceptors (Lipinski definition) is 4. The molecule has 0 aliphatic rings. The molecule has 1 unspecified atom stereocenters. The van der Waals surface area contributed by atoms with Crippen molar-refractivity contribution in [3.05, 3.63) is 23.4 Å². The average molecular weight is 210 g/mol. The third-order valence-electron chi connectivity index (χ3n) is 2.16. The second-order valence-corrected chi connectivity index (χ2v) is 3.19. The highest BCUT2D eigenvalue weighted by Crippen LogP contribution is 2.19. The van der Waals surface area contributed by atoms with E-state index >= 15 is 0 Å². The molecule has 1 heterocycles. The summed E-state index contributed by atoms with van der Waals surface area (Å²) < 4.78 is 5.02. The van der Waals surface area contributed by atoms with Gasteiger partial charge in [-0.2, -0.15) is 0 Å². The van der Waals surface area contributed by atoms with Crippen LogP contribution in [0, 0.1) is 6.92 Å². The number of rotatable bonds is 4. The van der Waals surface area contributed by atoms with E-state index in [0.29, 0.717) is 11.6 Å². The van der Waals surface area contributed by atoms with Crippen molar-refractivity contribution in [3.63, 3.8) is 0 Å². The zero-order chi connectivity index (χ0) is 11.4. The van der Waals surface area contributed by atoms with E-state index in [2.05, 4.69) is 4.98 Å². The van der Waals surface area contributed by atoms with Crippen LogP contribution in [0.2, 0.25) is 0 Å². The van der Waals surface area contributed by atoms with Gasteiger partial charge in [0.15, 0.2) is 0 Å². The van der Waals surface area contributed by atoms with E-state index in [1.54, 1.807) is 12.1 Å². The van der Waals surface area contributed by atoms with Crippen LogP contribution in [0.5, 0.6) is 5.88 Å². The Morgan fingerprint density at radius 1 is 1.67 bits per heavy atom. The van der Waals surface area contributed by atoms with E-state index in [9.17, 15) is 4.79 Å². The first-order chi connectivity index (χ1) is 7.10. The molecule has 5 heteroatoms. The molecule has 1 atom stereocenters. The second-order valence-electron chi connectivity index (χ2n) is 3.19. The van der Waals surface area contributed by atoms with Gasteiger partial charge in [-0.05, 0) is 13.0 Å². The molecular formula is C10H14N2O3. The summed E-state index contributed by atoms with van der Waals surface area (Å²) >= 11 is 0. The Bertz CT molecular complexity index is 366. The van der Waals surface area contributed by atoms with Gasteiger partial charge in [0, 0.05) is 12.1 Å². The third-order valence-corrected chi connectivity index (χ3v) is 2.16. The predicted octanol–water partition coefficient (Wildman–Crippen LogP) is 0.526. The van der Waals surface area contributed by atoms with Crippen molar-refractivity contribution in [1.29, 1.82) is 0 Å². The van der Waals surface area contributed by atoms with E-state index in [1.165, 1.54) is 7.11 Å². The number of methoxy groups -OCH3 is 1. The Balaban J connectivity index is 3.09. The molecule has 1 rings (SSSR count). The van der Waals surface area contributed by atoms with Crippen molar-refractivity contribution in [2.75, 3.05) is 13.7 Å². The Hall–Kier alpha value is -1.62. The van der Waals surface area contributed by atoms with Gasteiger partial charge in [0.25, 0.3) is 0 Å². The van der Waals surface area contributed by atoms with Crippen molar-refractivity contribution in [3.8, 4) is 5.88 Å². The van der Waals surface area contributed by atoms with Crippen molar-refractivity contribution in [2.24, 2.45) is 5.73 Å². The molecular weight excluding hydrogens is 196 g/mol. The number of aliphatic carboxylic acids is 1. The summed E-state index contributed by atoms with van der Waals surface area (Å²) in [6.45, 7) is 1.86. The molecule has 3 N–H and O–H groups in total. The van der Waals surface area contributed by atoms with Crippen LogP contribution in [0.1, 0.15) is 17.2 Å². The maximum atomic E-state index is 10.9. The van der Waals surface area contributed by atoms with E-state index in [0.717, 1.165) is 5.56 Å². The summed E-state index contributed by atoms with van der Waals surface area (Å²) in [6.07, 6.45) is 0. The number of hydrogen-bond donors (Lipinski definition) is 2. The smallest absolute Gasteiger partial charge is 0.313 e. The van der Waals surface area contributed by atoms with Gasteiger partial charge in [-0.1, -0.05) is 6.07 Å². The van der Waals surface area contributed by atoms with Crippen LogP contribution in [0.3, 0.4) is 0 Å². The summed E-state index contributed by atoms with van der Waals surface area (Å²) in [5.74, 6) is -1.32. The zero-order valence-electron chi connectivity index (χ0n) is 8.73. The van der Waals surface area contributed by atoms with Crippen LogP contribution in [0.25, 0.3) is 0 Å². The largest absolute Gasteiger partial charge is 0.481 e. The molecule has 0 saturated heterocycles. The quantitative estimate of drug-likeness (QED) is 0.757. The zero-order valence-corrected chi connectivity index (χ0v) is 8.73. The minimum absolute atomic E-state index is 0.0224. The standard InChI is InChI=1S/C10H14N2O3/c1-6-3-4-8(12-9(6)15-2)7(5-11)10(13)14/h3-4,7H,5,11H2,1-2H3,(H,13,14). The number of pyridine rings is 1. The molecule has 1 aromatic rings. The molecule has 0 amide bonds. The van der Waals surface area contributed by atoms with Crippen molar-refractivity contribution in [1.82, 2.24) is 4.98 Å². The number of nitrogens with zero attached hydrogens (tertiary/aromatic N) is 1. The van der Waals surface area contributed by atoms with Crippen LogP contribution in [0.15, 0.2) is 12.1 Å². The molecule has 0 aliphatic carbocycles. The normalized spacial score (nSPS) is 12.2. The van der Waals surface area contributed by atoms with Gasteiger partial charge in [0.2, 0.25) is 5.88 Å². The summed E-state index contributed by atoms with van der Waals surface area (Å²) in [4.78, 5) is 15.0. The fourth-order valence-electron chi connectivity index (χ4n) is 1.27. The Labute approximate surface area is 87.9 Å². The van der Waals surface area contributed by atoms with Crippen LogP contribution in [-0.4, -0.2) is 29.7 Å². The molecule has 0 bridgehead atoms. The summed E-state index contributed by atoms with van der Waals surface area (Å²) in [7, 11) is 1.50. The number of nitrogens with two attached hydrogens (primary N) is 1. The van der Waals surface area contributed by atoms with Crippen molar-refractivity contribution < 1.29 is 14.6 Å². The van der Waals surface area contributed by atoms with Crippen LogP contribution in [-0.2, 0) is 4.79 Å². The van der Waals surface area contributed by atoms with Gasteiger partial charge < -0.3 is 15.6 Å². The Morgan fingerprint density at radius 3 is 2.80 bits per heavy atom. The van der Waals surface area contributed by atoms with E-state index in [4.69, 9.17) is 15.6 Å². The molecule has 82 valence electrons. The number of carboxylic acid groups (broad SMARTS) is 1. The van der Waals surface area contributed by atoms with E-state index in [-0.39, 0.29) is 6.54 Å². The maximum absolute atomic E-state index is 10.9. The summed E-state index contributed by atoms with van der Waals surface area (Å²) in [5, 5.41) is 8.90. The van der Waals surface area contributed by atoms with E-state index in [1.807, 2.05) is 6.92 Å². The van der Waals surface area contributed by atoms with Crippen LogP contribution >= 0.6 is 0 Å². The number of carbonyl (C=O) groups is 1. The molecule has 0 fully saturated rings. The van der Waals surface area contributed by atoms with Gasteiger partial charge in [-0.15, -0.1) is 0 Å². The molecule has 0 spiro atoms. The van der Waals surface area contributed by atoms with Crippen molar-refractivity contribution in [2.45, 2.75) is 12.8 Å². The molecule has 15 heavy (non-hydrogen) atoms. The first-order valence-corrected chi connectivity index (χ1v) is 4.54. The lowest BCUT2D eigenvalue weighted by molar-refractivity contribution is -0.138. The Morgan fingerprint density at radius 2 is 2.33 bits per heavy atom. The van der Waals surface area contributed by atoms with Gasteiger partial charge in [0.1, 0.15) is 5.92 Å². The second kappa shape index (κ2) is 4.75. The lowest BCUT2D eigenvalue weighted by atomic mass is 10.0. The topological polar surface area (TPSA) is 85.4 Å². The minimum atomic E-state index is -0.976. The molecule has 1 aromatic heterocycles. The number of aryl methyl sites for hydroxylation is 1. The number of ether oxygens (including phenoxy) is 1. The monoisotopic (exact) mass is 210 g/mol. The summed E-state index contributed by atoms with van der Waals surface area (Å²) in [5.41, 5.74) is 6.66. The fourth-order valence-corrected chi connectivity index (χ4v) is 1.27. The van der Waals surface area contributed by atoms with E-state index < -0.39 is 11.9 Å². The van der Waals surface area contributed by atoms with Gasteiger partial charge in [-0.3, -0.25) is 4.79 Å². The number of carboxylic acids is 1. The first-order valence-electron chi connectivity index (χ1n) is 4.54. The highest BCUT2D eigenvalue weighted by atomic mass is 16.5. The van der Waals surface area contributed by atoms with Gasteiger partial charge in [-0.25, -0.2) is 4.98 Å². The first kappa shape index (κ1) is 11.5. The molecule has 0 radical (unpaired) electrons. The van der Waals surface area contributed by atoms with Gasteiger partial charge in [0.05, 0.1) is 12.8 Å². The highest BCUT2D eigenvalue weighted by Gasteiger charge is 2.20. The highest BCUT2D eigenvalue weighted by molar-refractivity contribution is 5.75. The number of aromatic nitrogens is 1. The lowest BCUT2D eigenvalue weighted by Gasteiger charge is -2.11. The van der Waals surface area contributed by atoms with Crippen LogP contribution in [0.4, 0.5) is 0 Å². The molecule has 0 aliphatic heterocycles. The van der Waals surface area contributed by atoms with Crippen LogP contribution < -0.4 is 10.5 Å². The third kappa shape index (κ3) is 2.44. The van der Waals surface area contributed by atoms with Crippen molar-refractivity contribution >= 4 is 5.97 Å². The SMILES string of the molecule is COc1nc(C(CN)C(=O)O)ccc1C. The predicted molar refractivity (Wildman–Crippen MR) is 55.0 cm³/mol. The lowest BCUT2D eigenvalue weighted by Crippen LogP contribution is -2.22.